The molecule has 3 N–H and O–H groups in total. The van der Waals surface area contributed by atoms with E-state index < -0.39 is 5.60 Å². The fourth-order valence-electron chi connectivity index (χ4n) is 8.00. The molecule has 7 heteroatoms. The van der Waals surface area contributed by atoms with Crippen LogP contribution in [0.2, 0.25) is 0 Å². The van der Waals surface area contributed by atoms with Crippen molar-refractivity contribution in [3.8, 4) is 0 Å². The Hall–Kier alpha value is -2.12. The number of aliphatic hydroxyl groups is 1. The molecule has 1 aliphatic heterocycles. The van der Waals surface area contributed by atoms with E-state index >= 15 is 0 Å². The van der Waals surface area contributed by atoms with Crippen molar-refractivity contribution in [2.45, 2.75) is 101 Å². The lowest BCUT2D eigenvalue weighted by molar-refractivity contribution is -0.148. The van der Waals surface area contributed by atoms with E-state index in [4.69, 9.17) is 4.74 Å². The summed E-state index contributed by atoms with van der Waals surface area (Å²) < 4.78 is 6.21. The van der Waals surface area contributed by atoms with Crippen molar-refractivity contribution in [2.24, 2.45) is 11.8 Å². The maximum absolute atomic E-state index is 13.1. The highest BCUT2D eigenvalue weighted by Gasteiger charge is 2.59. The molecule has 0 spiro atoms. The van der Waals surface area contributed by atoms with E-state index in [9.17, 15) is 14.7 Å². The average molecular weight is 468 g/mol. The number of amides is 2. The topological polar surface area (TPSA) is 90.9 Å². The lowest BCUT2D eigenvalue weighted by atomic mass is 9.51. The quantitative estimate of drug-likeness (QED) is 0.619. The first-order valence-electron chi connectivity index (χ1n) is 13.2. The first-order chi connectivity index (χ1) is 16.4. The van der Waals surface area contributed by atoms with E-state index in [0.717, 1.165) is 57.8 Å². The van der Waals surface area contributed by atoms with Gasteiger partial charge in [0.25, 0.3) is 0 Å². The highest BCUT2D eigenvalue weighted by Crippen LogP contribution is 2.59. The molecule has 5 saturated carbocycles. The van der Waals surface area contributed by atoms with Crippen LogP contribution < -0.4 is 10.6 Å². The molecule has 7 nitrogen and oxygen atoms in total. The first-order valence-corrected chi connectivity index (χ1v) is 13.2. The minimum absolute atomic E-state index is 0.0964. The van der Waals surface area contributed by atoms with Crippen LogP contribution >= 0.6 is 0 Å². The third-order valence-electron chi connectivity index (χ3n) is 9.14. The molecule has 1 aromatic carbocycles. The second-order valence-electron chi connectivity index (χ2n) is 11.8. The number of carbonyl (C=O) groups is 2. The fourth-order valence-corrected chi connectivity index (χ4v) is 8.00. The van der Waals surface area contributed by atoms with Gasteiger partial charge in [-0.3, -0.25) is 4.79 Å². The van der Waals surface area contributed by atoms with Crippen molar-refractivity contribution in [1.29, 1.82) is 0 Å². The first kappa shape index (κ1) is 22.4. The third kappa shape index (κ3) is 4.33. The number of benzene rings is 1. The second kappa shape index (κ2) is 8.52. The van der Waals surface area contributed by atoms with Crippen LogP contribution in [-0.4, -0.2) is 51.8 Å². The number of alkyl carbamates (subject to hydrolysis) is 1. The molecule has 5 fully saturated rings. The summed E-state index contributed by atoms with van der Waals surface area (Å²) >= 11 is 0. The van der Waals surface area contributed by atoms with Gasteiger partial charge in [0.1, 0.15) is 5.60 Å². The summed E-state index contributed by atoms with van der Waals surface area (Å²) in [6.07, 6.45) is 8.61. The number of rotatable bonds is 5. The van der Waals surface area contributed by atoms with E-state index in [-0.39, 0.29) is 29.7 Å². The normalized spacial score (nSPS) is 38.0. The Labute approximate surface area is 201 Å². The van der Waals surface area contributed by atoms with Crippen LogP contribution in [-0.2, 0) is 22.6 Å². The molecule has 4 bridgehead atoms. The van der Waals surface area contributed by atoms with Crippen molar-refractivity contribution in [2.75, 3.05) is 6.54 Å². The molecule has 34 heavy (non-hydrogen) atoms. The molecule has 1 aromatic rings. The van der Waals surface area contributed by atoms with Gasteiger partial charge in [-0.25, -0.2) is 4.79 Å². The summed E-state index contributed by atoms with van der Waals surface area (Å²) in [6.45, 7) is 1.74. The van der Waals surface area contributed by atoms with Crippen molar-refractivity contribution in [3.63, 3.8) is 0 Å². The van der Waals surface area contributed by atoms with Gasteiger partial charge in [-0.05, 0) is 80.8 Å². The van der Waals surface area contributed by atoms with Crippen LogP contribution in [0.15, 0.2) is 24.3 Å². The van der Waals surface area contributed by atoms with Crippen LogP contribution in [0.3, 0.4) is 0 Å². The summed E-state index contributed by atoms with van der Waals surface area (Å²) in [5.74, 6) is 1.26. The molecule has 6 aliphatic rings. The number of hydrogen-bond donors (Lipinski definition) is 3. The largest absolute Gasteiger partial charge is 0.443 e. The third-order valence-corrected chi connectivity index (χ3v) is 9.14. The molecule has 5 aliphatic carbocycles. The number of nitrogens with one attached hydrogen (secondary N) is 2. The monoisotopic (exact) mass is 467 g/mol. The Morgan fingerprint density at radius 3 is 2.29 bits per heavy atom. The van der Waals surface area contributed by atoms with E-state index in [1.807, 2.05) is 17.0 Å². The van der Waals surface area contributed by atoms with Crippen molar-refractivity contribution < 1.29 is 19.4 Å². The molecular formula is C27H37N3O4. The molecule has 2 amide bonds. The number of ether oxygens (including phenoxy) is 1. The molecule has 2 atom stereocenters. The highest BCUT2D eigenvalue weighted by molar-refractivity contribution is 5.79. The van der Waals surface area contributed by atoms with Gasteiger partial charge >= 0.3 is 6.09 Å². The van der Waals surface area contributed by atoms with Gasteiger partial charge in [0, 0.05) is 31.1 Å². The summed E-state index contributed by atoms with van der Waals surface area (Å²) in [4.78, 5) is 27.9. The number of hydrogen-bond acceptors (Lipinski definition) is 5. The summed E-state index contributed by atoms with van der Waals surface area (Å²) in [5.41, 5.74) is 1.97. The molecule has 184 valence electrons. The van der Waals surface area contributed by atoms with Gasteiger partial charge in [0.15, 0.2) is 0 Å². The number of aliphatic hydroxyl groups excluding tert-OH is 1. The van der Waals surface area contributed by atoms with Crippen molar-refractivity contribution >= 4 is 12.0 Å². The van der Waals surface area contributed by atoms with Gasteiger partial charge in [0.05, 0.1) is 12.6 Å². The van der Waals surface area contributed by atoms with E-state index in [0.29, 0.717) is 31.5 Å². The maximum atomic E-state index is 13.1. The lowest BCUT2D eigenvalue weighted by Crippen LogP contribution is -2.66. The highest BCUT2D eigenvalue weighted by atomic mass is 16.6. The van der Waals surface area contributed by atoms with Gasteiger partial charge in [-0.15, -0.1) is 0 Å². The Morgan fingerprint density at radius 1 is 1.00 bits per heavy atom. The van der Waals surface area contributed by atoms with Crippen molar-refractivity contribution in [3.05, 3.63) is 35.4 Å². The van der Waals surface area contributed by atoms with E-state index in [2.05, 4.69) is 22.8 Å². The molecule has 1 heterocycles. The van der Waals surface area contributed by atoms with E-state index in [1.54, 1.807) is 0 Å². The minimum atomic E-state index is -0.414. The number of fused-ring (bicyclic) bond motifs is 1. The minimum Gasteiger partial charge on any atom is -0.443 e. The standard InChI is InChI=1S/C27H37N3O4/c31-23-7-5-22(6-8-23)29-25(33)34-27-12-18-9-19(13-27)11-26(10-18,17-27)28-14-24(32)30-15-20-3-1-2-4-21(20)16-30/h1-4,18-19,22-23,28,31H,5-17H2,(H,29,33). The second-order valence-corrected chi connectivity index (χ2v) is 11.8. The Bertz CT molecular complexity index is 918. The number of nitrogens with zero attached hydrogens (tertiary/aromatic N) is 1. The SMILES string of the molecule is O=C(NC1CCC(O)CC1)OC12CC3CC(CC(NCC(=O)N4Cc5ccccc5C4)(C3)C1)C2. The molecule has 0 radical (unpaired) electrons. The smallest absolute Gasteiger partial charge is 0.407 e. The zero-order valence-electron chi connectivity index (χ0n) is 19.9. The molecular weight excluding hydrogens is 430 g/mol. The van der Waals surface area contributed by atoms with Gasteiger partial charge < -0.3 is 25.4 Å². The maximum Gasteiger partial charge on any atom is 0.407 e. The van der Waals surface area contributed by atoms with Crippen LogP contribution in [0.25, 0.3) is 0 Å². The predicted octanol–water partition coefficient (Wildman–Crippen LogP) is 3.24. The van der Waals surface area contributed by atoms with Crippen LogP contribution in [0.4, 0.5) is 4.79 Å². The van der Waals surface area contributed by atoms with Crippen molar-refractivity contribution in [1.82, 2.24) is 15.5 Å². The fraction of sp³-hybridized carbons (Fsp3) is 0.704. The van der Waals surface area contributed by atoms with Gasteiger partial charge in [-0.2, -0.15) is 0 Å². The molecule has 0 aromatic heterocycles. The van der Waals surface area contributed by atoms with Crippen LogP contribution in [0.5, 0.6) is 0 Å². The molecule has 2 unspecified atom stereocenters. The Balaban J connectivity index is 1.07. The summed E-state index contributed by atoms with van der Waals surface area (Å²) in [6, 6.07) is 8.38. The lowest BCUT2D eigenvalue weighted by Gasteiger charge is -2.61. The zero-order valence-corrected chi connectivity index (χ0v) is 19.9. The Morgan fingerprint density at radius 2 is 1.65 bits per heavy atom. The molecule has 7 rings (SSSR count). The van der Waals surface area contributed by atoms with E-state index in [1.165, 1.54) is 17.5 Å². The van der Waals surface area contributed by atoms with Gasteiger partial charge in [0.2, 0.25) is 5.91 Å². The predicted molar refractivity (Wildman–Crippen MR) is 127 cm³/mol. The average Bonchev–Trinajstić information content (AvgIpc) is 3.22. The summed E-state index contributed by atoms with van der Waals surface area (Å²) in [7, 11) is 0. The number of carbonyl (C=O) groups excluding carboxylic acids is 2. The van der Waals surface area contributed by atoms with Crippen LogP contribution in [0, 0.1) is 11.8 Å². The Kier molecular flexibility index (Phi) is 5.60. The molecule has 0 saturated heterocycles. The van der Waals surface area contributed by atoms with Gasteiger partial charge in [-0.1, -0.05) is 24.3 Å². The zero-order chi connectivity index (χ0) is 23.3. The van der Waals surface area contributed by atoms with Crippen LogP contribution in [0.1, 0.15) is 75.3 Å². The summed E-state index contributed by atoms with van der Waals surface area (Å²) in [5, 5.41) is 16.5.